The van der Waals surface area contributed by atoms with Crippen molar-refractivity contribution >= 4 is 5.91 Å². The number of nitrogens with two attached hydrogens (primary N) is 1. The van der Waals surface area contributed by atoms with Crippen LogP contribution in [0.5, 0.6) is 0 Å². The quantitative estimate of drug-likeness (QED) is 0.610. The van der Waals surface area contributed by atoms with Crippen molar-refractivity contribution < 1.29 is 4.79 Å². The molecule has 0 saturated heterocycles. The van der Waals surface area contributed by atoms with Gasteiger partial charge in [0.05, 0.1) is 6.04 Å². The van der Waals surface area contributed by atoms with Crippen LogP contribution in [0.2, 0.25) is 0 Å². The van der Waals surface area contributed by atoms with E-state index < -0.39 is 0 Å². The van der Waals surface area contributed by atoms with Crippen LogP contribution in [0.1, 0.15) is 33.1 Å². The molecule has 1 fully saturated rings. The maximum Gasteiger partial charge on any atom is 0.234 e. The highest BCUT2D eigenvalue weighted by atomic mass is 16.1. The van der Waals surface area contributed by atoms with Crippen LogP contribution in [0.4, 0.5) is 0 Å². The predicted octanol–water partition coefficient (Wildman–Crippen LogP) is 0.324. The minimum atomic E-state index is -0.244. The number of nitrogens with zero attached hydrogens (tertiary/aromatic N) is 1. The van der Waals surface area contributed by atoms with Crippen molar-refractivity contribution in [3.8, 4) is 0 Å². The van der Waals surface area contributed by atoms with Crippen LogP contribution in [0.25, 0.3) is 0 Å². The summed E-state index contributed by atoms with van der Waals surface area (Å²) in [6, 6.07) is 0.633. The number of amides is 1. The van der Waals surface area contributed by atoms with E-state index in [9.17, 15) is 4.79 Å². The molecule has 0 aromatic rings. The first kappa shape index (κ1) is 12.5. The smallest absolute Gasteiger partial charge is 0.234 e. The largest absolute Gasteiger partial charge is 0.368 e. The van der Waals surface area contributed by atoms with Crippen LogP contribution in [0.3, 0.4) is 0 Å². The molecule has 0 heterocycles. The third-order valence-electron chi connectivity index (χ3n) is 3.01. The first-order valence-corrected chi connectivity index (χ1v) is 5.95. The number of hydrogen-bond donors (Lipinski definition) is 2. The molecule has 0 aromatic heterocycles. The third kappa shape index (κ3) is 4.18. The van der Waals surface area contributed by atoms with E-state index in [2.05, 4.69) is 17.1 Å². The first-order valence-electron chi connectivity index (χ1n) is 5.95. The van der Waals surface area contributed by atoms with E-state index in [0.29, 0.717) is 0 Å². The van der Waals surface area contributed by atoms with Gasteiger partial charge < -0.3 is 11.1 Å². The molecule has 1 amide bonds. The molecule has 0 spiro atoms. The second-order valence-electron chi connectivity index (χ2n) is 4.18. The maximum absolute atomic E-state index is 11.0. The molecule has 1 aliphatic carbocycles. The van der Waals surface area contributed by atoms with Gasteiger partial charge in [-0.3, -0.25) is 9.69 Å². The van der Waals surface area contributed by atoms with Gasteiger partial charge in [-0.15, -0.1) is 0 Å². The summed E-state index contributed by atoms with van der Waals surface area (Å²) in [6.07, 6.45) is 3.44. The zero-order valence-corrected chi connectivity index (χ0v) is 9.83. The average Bonchev–Trinajstić information content (AvgIpc) is 3.01. The normalized spacial score (nSPS) is 18.1. The number of hydrogen-bond acceptors (Lipinski definition) is 3. The molecule has 4 nitrogen and oxygen atoms in total. The summed E-state index contributed by atoms with van der Waals surface area (Å²) < 4.78 is 0. The second kappa shape index (κ2) is 6.08. The summed E-state index contributed by atoms with van der Waals surface area (Å²) >= 11 is 0. The second-order valence-corrected chi connectivity index (χ2v) is 4.18. The highest BCUT2D eigenvalue weighted by molar-refractivity contribution is 5.79. The van der Waals surface area contributed by atoms with Gasteiger partial charge in [0.25, 0.3) is 0 Å². The van der Waals surface area contributed by atoms with Gasteiger partial charge in [0.1, 0.15) is 0 Å². The number of rotatable bonds is 8. The molecule has 1 aliphatic rings. The fourth-order valence-corrected chi connectivity index (χ4v) is 1.87. The van der Waals surface area contributed by atoms with Crippen LogP contribution in [0.15, 0.2) is 0 Å². The SMILES string of the molecule is CCC(NCCN(CC)C1CC1)C(N)=O. The molecular formula is C11H23N3O. The Morgan fingerprint density at radius 1 is 1.53 bits per heavy atom. The fourth-order valence-electron chi connectivity index (χ4n) is 1.87. The lowest BCUT2D eigenvalue weighted by atomic mass is 10.2. The minimum Gasteiger partial charge on any atom is -0.368 e. The number of likely N-dealkylation sites (N-methyl/N-ethyl adjacent to an activating group) is 1. The monoisotopic (exact) mass is 213 g/mol. The van der Waals surface area contributed by atoms with Crippen molar-refractivity contribution in [1.29, 1.82) is 0 Å². The van der Waals surface area contributed by atoms with Gasteiger partial charge in [-0.25, -0.2) is 0 Å². The van der Waals surface area contributed by atoms with Gasteiger partial charge in [0.15, 0.2) is 0 Å². The molecule has 0 aliphatic heterocycles. The Morgan fingerprint density at radius 2 is 2.20 bits per heavy atom. The number of primary amides is 1. The number of carbonyl (C=O) groups is 1. The Morgan fingerprint density at radius 3 is 2.60 bits per heavy atom. The van der Waals surface area contributed by atoms with E-state index in [1.54, 1.807) is 0 Å². The topological polar surface area (TPSA) is 58.4 Å². The first-order chi connectivity index (χ1) is 7.19. The van der Waals surface area contributed by atoms with E-state index in [-0.39, 0.29) is 11.9 Å². The molecule has 0 aromatic carbocycles. The summed E-state index contributed by atoms with van der Waals surface area (Å²) in [5.41, 5.74) is 5.25. The van der Waals surface area contributed by atoms with Gasteiger partial charge in [-0.1, -0.05) is 13.8 Å². The van der Waals surface area contributed by atoms with E-state index in [4.69, 9.17) is 5.73 Å². The molecule has 0 radical (unpaired) electrons. The summed E-state index contributed by atoms with van der Waals surface area (Å²) in [4.78, 5) is 13.4. The summed E-state index contributed by atoms with van der Waals surface area (Å²) in [7, 11) is 0. The Labute approximate surface area is 92.2 Å². The van der Waals surface area contributed by atoms with Crippen LogP contribution >= 0.6 is 0 Å². The zero-order valence-electron chi connectivity index (χ0n) is 9.83. The molecule has 3 N–H and O–H groups in total. The number of carbonyl (C=O) groups excluding carboxylic acids is 1. The van der Waals surface area contributed by atoms with Crippen molar-refractivity contribution in [2.75, 3.05) is 19.6 Å². The molecule has 1 saturated carbocycles. The van der Waals surface area contributed by atoms with Crippen molar-refractivity contribution in [3.63, 3.8) is 0 Å². The van der Waals surface area contributed by atoms with Crippen LogP contribution < -0.4 is 11.1 Å². The molecule has 1 unspecified atom stereocenters. The average molecular weight is 213 g/mol. The Balaban J connectivity index is 2.15. The van der Waals surface area contributed by atoms with Gasteiger partial charge in [0, 0.05) is 19.1 Å². The van der Waals surface area contributed by atoms with E-state index >= 15 is 0 Å². The maximum atomic E-state index is 11.0. The third-order valence-corrected chi connectivity index (χ3v) is 3.01. The van der Waals surface area contributed by atoms with Crippen LogP contribution in [0, 0.1) is 0 Å². The lowest BCUT2D eigenvalue weighted by Crippen LogP contribution is -2.44. The molecule has 1 rings (SSSR count). The Bertz CT molecular complexity index is 204. The lowest BCUT2D eigenvalue weighted by molar-refractivity contribution is -0.120. The van der Waals surface area contributed by atoms with E-state index in [0.717, 1.165) is 32.1 Å². The van der Waals surface area contributed by atoms with Crippen molar-refractivity contribution in [2.45, 2.75) is 45.2 Å². The van der Waals surface area contributed by atoms with E-state index in [1.165, 1.54) is 12.8 Å². The summed E-state index contributed by atoms with van der Waals surface area (Å²) in [5, 5.41) is 3.20. The zero-order chi connectivity index (χ0) is 11.3. The molecule has 88 valence electrons. The fraction of sp³-hybridized carbons (Fsp3) is 0.909. The molecule has 0 bridgehead atoms. The van der Waals surface area contributed by atoms with Crippen molar-refractivity contribution in [3.05, 3.63) is 0 Å². The van der Waals surface area contributed by atoms with Gasteiger partial charge in [-0.2, -0.15) is 0 Å². The van der Waals surface area contributed by atoms with Gasteiger partial charge in [0.2, 0.25) is 5.91 Å². The van der Waals surface area contributed by atoms with Crippen molar-refractivity contribution in [2.24, 2.45) is 5.73 Å². The molecular weight excluding hydrogens is 190 g/mol. The Kier molecular flexibility index (Phi) is 5.05. The summed E-state index contributed by atoms with van der Waals surface area (Å²) in [6.45, 7) is 7.13. The summed E-state index contributed by atoms with van der Waals surface area (Å²) in [5.74, 6) is -0.244. The highest BCUT2D eigenvalue weighted by Gasteiger charge is 2.27. The predicted molar refractivity (Wildman–Crippen MR) is 61.5 cm³/mol. The highest BCUT2D eigenvalue weighted by Crippen LogP contribution is 2.25. The molecule has 15 heavy (non-hydrogen) atoms. The minimum absolute atomic E-state index is 0.164. The van der Waals surface area contributed by atoms with Crippen LogP contribution in [-0.2, 0) is 4.79 Å². The van der Waals surface area contributed by atoms with E-state index in [1.807, 2.05) is 6.92 Å². The van der Waals surface area contributed by atoms with Gasteiger partial charge >= 0.3 is 0 Å². The molecule has 4 heteroatoms. The Hall–Kier alpha value is -0.610. The van der Waals surface area contributed by atoms with Crippen molar-refractivity contribution in [1.82, 2.24) is 10.2 Å². The van der Waals surface area contributed by atoms with Gasteiger partial charge in [-0.05, 0) is 25.8 Å². The van der Waals surface area contributed by atoms with Crippen LogP contribution in [-0.4, -0.2) is 42.5 Å². The number of nitrogens with one attached hydrogen (secondary N) is 1. The lowest BCUT2D eigenvalue weighted by Gasteiger charge is -2.21. The molecule has 1 atom stereocenters. The standard InChI is InChI=1S/C11H23N3O/c1-3-10(11(12)15)13-7-8-14(4-2)9-5-6-9/h9-10,13H,3-8H2,1-2H3,(H2,12,15).